The molecule has 1 aliphatic heterocycles. The van der Waals surface area contributed by atoms with Crippen molar-refractivity contribution in [3.05, 3.63) is 59.4 Å². The third kappa shape index (κ3) is 5.79. The molecule has 2 aromatic rings. The lowest BCUT2D eigenvalue weighted by molar-refractivity contribution is -0.134. The maximum Gasteiger partial charge on any atom is 0.379 e. The molecule has 0 spiro atoms. The second kappa shape index (κ2) is 10.3. The normalized spacial score (nSPS) is 21.0. The van der Waals surface area contributed by atoms with E-state index in [0.29, 0.717) is 12.6 Å². The number of aromatic nitrogens is 1. The van der Waals surface area contributed by atoms with Crippen LogP contribution in [0.2, 0.25) is 0 Å². The van der Waals surface area contributed by atoms with Gasteiger partial charge in [0.2, 0.25) is 5.91 Å². The molecule has 5 nitrogen and oxygen atoms in total. The Morgan fingerprint density at radius 3 is 2.56 bits per heavy atom. The molecule has 1 aromatic carbocycles. The maximum atomic E-state index is 12.5. The van der Waals surface area contributed by atoms with Crippen molar-refractivity contribution in [3.63, 3.8) is 0 Å². The topological polar surface area (TPSA) is 57.3 Å². The second-order valence-corrected chi connectivity index (χ2v) is 8.95. The van der Waals surface area contributed by atoms with Crippen molar-refractivity contribution in [2.45, 2.75) is 51.4 Å². The number of amides is 1. The van der Waals surface area contributed by atoms with Crippen LogP contribution in [-0.2, 0) is 23.2 Å². The molecule has 1 amide bonds. The van der Waals surface area contributed by atoms with Crippen LogP contribution in [0.1, 0.15) is 37.1 Å². The van der Waals surface area contributed by atoms with Crippen LogP contribution < -0.4 is 10.6 Å². The molecule has 4 rings (SSSR count). The summed E-state index contributed by atoms with van der Waals surface area (Å²) in [6.07, 6.45) is 3.85. The van der Waals surface area contributed by atoms with Crippen LogP contribution in [-0.4, -0.2) is 48.6 Å². The van der Waals surface area contributed by atoms with E-state index < -0.39 is 6.68 Å². The fourth-order valence-corrected chi connectivity index (χ4v) is 4.52. The smallest absolute Gasteiger partial charge is 0.379 e. The summed E-state index contributed by atoms with van der Waals surface area (Å²) in [5, 5.41) is 6.93. The lowest BCUT2D eigenvalue weighted by Gasteiger charge is -2.30. The molecule has 1 aliphatic carbocycles. The van der Waals surface area contributed by atoms with Gasteiger partial charge < -0.3 is 15.5 Å². The third-order valence-electron chi connectivity index (χ3n) is 6.36. The Kier molecular flexibility index (Phi) is 7.77. The van der Waals surface area contributed by atoms with E-state index in [1.807, 2.05) is 19.3 Å². The maximum absolute atomic E-state index is 12.5. The number of anilines is 1. The van der Waals surface area contributed by atoms with E-state index in [0.717, 1.165) is 37.3 Å². The molecule has 1 aromatic heterocycles. The number of carbonyl (C=O) groups excluding carboxylic acids is 1. The number of alkyl halides is 3. The van der Waals surface area contributed by atoms with Crippen molar-refractivity contribution < 1.29 is 18.0 Å². The summed E-state index contributed by atoms with van der Waals surface area (Å²) in [5.74, 6) is 0.316. The summed E-state index contributed by atoms with van der Waals surface area (Å²) in [4.78, 5) is 18.9. The average molecular weight is 449 g/mol. The first-order valence-corrected chi connectivity index (χ1v) is 10.9. The van der Waals surface area contributed by atoms with Gasteiger partial charge >= 0.3 is 6.68 Å². The summed E-state index contributed by atoms with van der Waals surface area (Å²) >= 11 is 0. The first-order chi connectivity index (χ1) is 15.2. The van der Waals surface area contributed by atoms with Crippen molar-refractivity contribution in [2.24, 2.45) is 5.92 Å². The monoisotopic (exact) mass is 448 g/mol. The lowest BCUT2D eigenvalue weighted by atomic mass is 9.83. The molecular formula is C24H31F3N4O. The fraction of sp³-hybridized carbons (Fsp3) is 0.500. The van der Waals surface area contributed by atoms with Crippen molar-refractivity contribution in [3.8, 4) is 0 Å². The van der Waals surface area contributed by atoms with Crippen molar-refractivity contribution in [1.29, 1.82) is 0 Å². The molecule has 174 valence electrons. The minimum atomic E-state index is -3.67. The van der Waals surface area contributed by atoms with Gasteiger partial charge in [0.15, 0.2) is 0 Å². The van der Waals surface area contributed by atoms with E-state index in [2.05, 4.69) is 59.8 Å². The molecule has 2 unspecified atom stereocenters. The highest BCUT2D eigenvalue weighted by molar-refractivity contribution is 5.79. The van der Waals surface area contributed by atoms with Crippen LogP contribution in [0, 0.1) is 5.92 Å². The zero-order valence-corrected chi connectivity index (χ0v) is 18.7. The number of carbonyl (C=O) groups is 1. The Balaban J connectivity index is 0.000000668. The third-order valence-corrected chi connectivity index (χ3v) is 6.36. The number of pyridine rings is 1. The van der Waals surface area contributed by atoms with Crippen molar-refractivity contribution in [1.82, 2.24) is 15.2 Å². The lowest BCUT2D eigenvalue weighted by Crippen LogP contribution is -2.36. The van der Waals surface area contributed by atoms with Gasteiger partial charge in [-0.1, -0.05) is 38.1 Å². The molecule has 0 bridgehead atoms. The van der Waals surface area contributed by atoms with Gasteiger partial charge in [-0.2, -0.15) is 13.2 Å². The number of fused-ring (bicyclic) bond motifs is 1. The molecular weight excluding hydrogens is 417 g/mol. The van der Waals surface area contributed by atoms with Gasteiger partial charge in [-0.05, 0) is 42.6 Å². The molecule has 0 radical (unpaired) electrons. The number of nitrogens with one attached hydrogen (secondary N) is 2. The molecule has 32 heavy (non-hydrogen) atoms. The standard InChI is InChI=1S/C23H30N4O.CHF3/c1-23(2)20-7-5-4-6-16(20)12-21(23)26-18-8-9-19(25-14-18)15-27(3)22(28)17-10-11-24-13-17;2-1(3)4/h4-9,14,17,21,24,26H,10-13,15H2,1-3H3;1H. The summed E-state index contributed by atoms with van der Waals surface area (Å²) in [6.45, 7) is 3.22. The van der Waals surface area contributed by atoms with Crippen LogP contribution in [0.25, 0.3) is 0 Å². The van der Waals surface area contributed by atoms with Gasteiger partial charge in [-0.3, -0.25) is 9.78 Å². The van der Waals surface area contributed by atoms with E-state index in [4.69, 9.17) is 0 Å². The summed E-state index contributed by atoms with van der Waals surface area (Å²) in [7, 11) is 1.87. The summed E-state index contributed by atoms with van der Waals surface area (Å²) in [5.41, 5.74) is 4.89. The number of benzene rings is 1. The minimum absolute atomic E-state index is 0.0806. The zero-order chi connectivity index (χ0) is 23.3. The second-order valence-electron chi connectivity index (χ2n) is 8.95. The summed E-state index contributed by atoms with van der Waals surface area (Å²) < 4.78 is 29.0. The van der Waals surface area contributed by atoms with Gasteiger partial charge in [0.25, 0.3) is 0 Å². The first-order valence-electron chi connectivity index (χ1n) is 10.9. The largest absolute Gasteiger partial charge is 0.380 e. The fourth-order valence-electron chi connectivity index (χ4n) is 4.52. The highest BCUT2D eigenvalue weighted by Gasteiger charge is 2.39. The average Bonchev–Trinajstić information content (AvgIpc) is 3.36. The molecule has 1 saturated heterocycles. The van der Waals surface area contributed by atoms with Crippen LogP contribution >= 0.6 is 0 Å². The summed E-state index contributed by atoms with van der Waals surface area (Å²) in [6, 6.07) is 13.2. The molecule has 0 saturated carbocycles. The zero-order valence-electron chi connectivity index (χ0n) is 18.7. The van der Waals surface area contributed by atoms with Gasteiger partial charge in [0.1, 0.15) is 0 Å². The highest BCUT2D eigenvalue weighted by Crippen LogP contribution is 2.39. The highest BCUT2D eigenvalue weighted by atomic mass is 19.4. The minimum Gasteiger partial charge on any atom is -0.380 e. The van der Waals surface area contributed by atoms with E-state index in [1.165, 1.54) is 11.1 Å². The molecule has 2 atom stereocenters. The van der Waals surface area contributed by atoms with Gasteiger partial charge in [-0.15, -0.1) is 0 Å². The quantitative estimate of drug-likeness (QED) is 0.722. The number of nitrogens with zero attached hydrogens (tertiary/aromatic N) is 2. The van der Waals surface area contributed by atoms with Crippen LogP contribution in [0.3, 0.4) is 0 Å². The molecule has 8 heteroatoms. The number of hydrogen-bond acceptors (Lipinski definition) is 4. The SMILES string of the molecule is CN(Cc1ccc(NC2Cc3ccccc3C2(C)C)cn1)C(=O)C1CCNC1.FC(F)F. The van der Waals surface area contributed by atoms with Crippen LogP contribution in [0.5, 0.6) is 0 Å². The van der Waals surface area contributed by atoms with E-state index in [1.54, 1.807) is 4.90 Å². The number of hydrogen-bond donors (Lipinski definition) is 2. The van der Waals surface area contributed by atoms with Gasteiger partial charge in [-0.25, -0.2) is 0 Å². The Labute approximate surface area is 187 Å². The molecule has 2 aliphatic rings. The molecule has 2 N–H and O–H groups in total. The molecule has 2 heterocycles. The van der Waals surface area contributed by atoms with E-state index in [9.17, 15) is 18.0 Å². The van der Waals surface area contributed by atoms with Gasteiger partial charge in [0, 0.05) is 25.0 Å². The van der Waals surface area contributed by atoms with Crippen LogP contribution in [0.4, 0.5) is 18.9 Å². The Morgan fingerprint density at radius 1 is 1.25 bits per heavy atom. The number of halogens is 3. The number of rotatable bonds is 5. The van der Waals surface area contributed by atoms with Gasteiger partial charge in [0.05, 0.1) is 30.0 Å². The first kappa shape index (κ1) is 24.0. The van der Waals surface area contributed by atoms with Crippen molar-refractivity contribution in [2.75, 3.05) is 25.5 Å². The predicted molar refractivity (Wildman–Crippen MR) is 119 cm³/mol. The van der Waals surface area contributed by atoms with E-state index in [-0.39, 0.29) is 17.2 Å². The Hall–Kier alpha value is -2.61. The Bertz CT molecular complexity index is 896. The Morgan fingerprint density at radius 2 is 1.97 bits per heavy atom. The predicted octanol–water partition coefficient (Wildman–Crippen LogP) is 4.14. The van der Waals surface area contributed by atoms with E-state index >= 15 is 0 Å². The molecule has 1 fully saturated rings. The van der Waals surface area contributed by atoms with Crippen LogP contribution in [0.15, 0.2) is 42.6 Å². The van der Waals surface area contributed by atoms with Crippen molar-refractivity contribution >= 4 is 11.6 Å².